The third-order valence-electron chi connectivity index (χ3n) is 4.86. The minimum absolute atomic E-state index is 0.000284. The highest BCUT2D eigenvalue weighted by atomic mass is 32.2. The van der Waals surface area contributed by atoms with Crippen LogP contribution in [0.4, 0.5) is 35.0 Å². The lowest BCUT2D eigenvalue weighted by Crippen LogP contribution is -2.20. The van der Waals surface area contributed by atoms with Crippen molar-refractivity contribution in [1.82, 2.24) is 0 Å². The molecule has 3 aromatic rings. The third-order valence-corrected chi connectivity index (χ3v) is 6.68. The summed E-state index contributed by atoms with van der Waals surface area (Å²) in [6.45, 7) is 2.97. The number of rotatable bonds is 6. The number of carbonyl (C=O) groups is 2. The predicted molar refractivity (Wildman–Crippen MR) is 127 cm³/mol. The molecule has 7 nitrogen and oxygen atoms in total. The van der Waals surface area contributed by atoms with Gasteiger partial charge in [0.1, 0.15) is 0 Å². The van der Waals surface area contributed by atoms with E-state index in [9.17, 15) is 31.2 Å². The zero-order valence-corrected chi connectivity index (χ0v) is 19.5. The minimum Gasteiger partial charge on any atom is -0.326 e. The van der Waals surface area contributed by atoms with Crippen molar-refractivity contribution in [3.8, 4) is 0 Å². The van der Waals surface area contributed by atoms with Crippen LogP contribution in [-0.2, 0) is 26.6 Å². The number of nitrogens with one attached hydrogen (secondary N) is 3. The molecule has 0 aliphatic rings. The van der Waals surface area contributed by atoms with Crippen LogP contribution in [0.5, 0.6) is 0 Å². The number of hydrogen-bond acceptors (Lipinski definition) is 4. The van der Waals surface area contributed by atoms with Crippen molar-refractivity contribution >= 4 is 38.8 Å². The fourth-order valence-electron chi connectivity index (χ4n) is 3.26. The summed E-state index contributed by atoms with van der Waals surface area (Å²) in [4.78, 5) is 23.4. The Morgan fingerprint density at radius 1 is 0.829 bits per heavy atom. The van der Waals surface area contributed by atoms with Gasteiger partial charge in [-0.15, -0.1) is 0 Å². The van der Waals surface area contributed by atoms with Gasteiger partial charge in [-0.3, -0.25) is 4.79 Å². The van der Waals surface area contributed by atoms with E-state index in [2.05, 4.69) is 16.0 Å². The standard InChI is InChI=1S/C24H22F3N3O4S/c1-15-6-9-21(30-23(32)29-20-5-3-4-18(12-20)24(25,26)27)13-22(15)35(33,34)14-17-7-10-19(11-8-17)28-16(2)31/h3-13H,14H2,1-2H3,(H,28,31)(H2,29,30,32). The first-order chi connectivity index (χ1) is 16.3. The Hall–Kier alpha value is -3.86. The quantitative estimate of drug-likeness (QED) is 0.406. The molecule has 0 heterocycles. The first-order valence-electron chi connectivity index (χ1n) is 10.3. The van der Waals surface area contributed by atoms with Gasteiger partial charge in [0.05, 0.1) is 16.2 Å². The number of halogens is 3. The molecule has 11 heteroatoms. The van der Waals surface area contributed by atoms with Crippen molar-refractivity contribution in [2.45, 2.75) is 30.7 Å². The molecule has 0 saturated carbocycles. The first-order valence-corrected chi connectivity index (χ1v) is 11.9. The number of urea groups is 1. The number of hydrogen-bond donors (Lipinski definition) is 3. The second kappa shape index (κ2) is 10.2. The highest BCUT2D eigenvalue weighted by molar-refractivity contribution is 7.90. The van der Waals surface area contributed by atoms with E-state index in [1.165, 1.54) is 31.2 Å². The Morgan fingerprint density at radius 2 is 1.43 bits per heavy atom. The second-order valence-corrected chi connectivity index (χ2v) is 9.73. The van der Waals surface area contributed by atoms with Crippen LogP contribution in [0.15, 0.2) is 71.6 Å². The van der Waals surface area contributed by atoms with E-state index in [1.54, 1.807) is 31.2 Å². The molecule has 3 aromatic carbocycles. The van der Waals surface area contributed by atoms with Gasteiger partial charge in [0.2, 0.25) is 5.91 Å². The Labute approximate surface area is 200 Å². The molecule has 184 valence electrons. The average Bonchev–Trinajstić information content (AvgIpc) is 2.75. The van der Waals surface area contributed by atoms with E-state index in [0.717, 1.165) is 18.2 Å². The van der Waals surface area contributed by atoms with Crippen LogP contribution >= 0.6 is 0 Å². The van der Waals surface area contributed by atoms with Gasteiger partial charge >= 0.3 is 12.2 Å². The molecular formula is C24H22F3N3O4S. The molecule has 3 N–H and O–H groups in total. The van der Waals surface area contributed by atoms with Crippen molar-refractivity contribution in [2.24, 2.45) is 0 Å². The van der Waals surface area contributed by atoms with Gasteiger partial charge in [-0.25, -0.2) is 13.2 Å². The topological polar surface area (TPSA) is 104 Å². The molecule has 3 amide bonds. The van der Waals surface area contributed by atoms with Crippen molar-refractivity contribution in [3.63, 3.8) is 0 Å². The average molecular weight is 506 g/mol. The lowest BCUT2D eigenvalue weighted by atomic mass is 10.2. The fourth-order valence-corrected chi connectivity index (χ4v) is 4.92. The van der Waals surface area contributed by atoms with E-state index >= 15 is 0 Å². The third kappa shape index (κ3) is 7.06. The maximum absolute atomic E-state index is 13.0. The molecule has 0 aliphatic carbocycles. The van der Waals surface area contributed by atoms with Gasteiger partial charge in [-0.05, 0) is 60.5 Å². The van der Waals surface area contributed by atoms with E-state index in [0.29, 0.717) is 16.8 Å². The Morgan fingerprint density at radius 3 is 2.03 bits per heavy atom. The summed E-state index contributed by atoms with van der Waals surface area (Å²) in [5.74, 6) is -0.559. The lowest BCUT2D eigenvalue weighted by molar-refractivity contribution is -0.137. The highest BCUT2D eigenvalue weighted by Gasteiger charge is 2.30. The largest absolute Gasteiger partial charge is 0.416 e. The fraction of sp³-hybridized carbons (Fsp3) is 0.167. The van der Waals surface area contributed by atoms with Gasteiger partial charge in [0.15, 0.2) is 9.84 Å². The minimum atomic E-state index is -4.56. The molecule has 0 unspecified atom stereocenters. The smallest absolute Gasteiger partial charge is 0.326 e. The van der Waals surface area contributed by atoms with Crippen LogP contribution in [-0.4, -0.2) is 20.4 Å². The van der Waals surface area contributed by atoms with Crippen LogP contribution < -0.4 is 16.0 Å². The summed E-state index contributed by atoms with van der Waals surface area (Å²) in [7, 11) is -3.80. The Bertz CT molecular complexity index is 1360. The van der Waals surface area contributed by atoms with Crippen LogP contribution in [0.2, 0.25) is 0 Å². The zero-order chi connectivity index (χ0) is 25.8. The monoisotopic (exact) mass is 505 g/mol. The SMILES string of the molecule is CC(=O)Nc1ccc(CS(=O)(=O)c2cc(NC(=O)Nc3cccc(C(F)(F)F)c3)ccc2C)cc1. The molecule has 0 radical (unpaired) electrons. The molecule has 0 aliphatic heterocycles. The van der Waals surface area contributed by atoms with Gasteiger partial charge in [0.25, 0.3) is 0 Å². The van der Waals surface area contributed by atoms with Gasteiger partial charge in [-0.1, -0.05) is 24.3 Å². The molecule has 0 aromatic heterocycles. The number of aryl methyl sites for hydroxylation is 1. The number of carbonyl (C=O) groups excluding carboxylic acids is 2. The summed E-state index contributed by atoms with van der Waals surface area (Å²) >= 11 is 0. The van der Waals surface area contributed by atoms with E-state index in [-0.39, 0.29) is 27.9 Å². The van der Waals surface area contributed by atoms with Crippen LogP contribution in [0, 0.1) is 6.92 Å². The molecular weight excluding hydrogens is 483 g/mol. The number of anilines is 3. The summed E-state index contributed by atoms with van der Waals surface area (Å²) < 4.78 is 64.7. The normalized spacial score (nSPS) is 11.6. The van der Waals surface area contributed by atoms with Gasteiger partial charge in [0, 0.05) is 24.0 Å². The number of alkyl halides is 3. The molecule has 0 bridgehead atoms. The highest BCUT2D eigenvalue weighted by Crippen LogP contribution is 2.31. The van der Waals surface area contributed by atoms with Gasteiger partial charge in [-0.2, -0.15) is 13.2 Å². The van der Waals surface area contributed by atoms with Gasteiger partial charge < -0.3 is 16.0 Å². The predicted octanol–water partition coefficient (Wildman–Crippen LogP) is 5.59. The zero-order valence-electron chi connectivity index (χ0n) is 18.7. The first kappa shape index (κ1) is 25.8. The molecule has 0 saturated heterocycles. The number of benzene rings is 3. The number of amides is 3. The molecule has 3 rings (SSSR count). The maximum atomic E-state index is 13.0. The molecule has 0 fully saturated rings. The van der Waals surface area contributed by atoms with Crippen molar-refractivity contribution in [2.75, 3.05) is 16.0 Å². The van der Waals surface area contributed by atoms with E-state index in [4.69, 9.17) is 0 Å². The van der Waals surface area contributed by atoms with Crippen LogP contribution in [0.25, 0.3) is 0 Å². The lowest BCUT2D eigenvalue weighted by Gasteiger charge is -2.13. The maximum Gasteiger partial charge on any atom is 0.416 e. The van der Waals surface area contributed by atoms with Crippen molar-refractivity contribution in [1.29, 1.82) is 0 Å². The summed E-state index contributed by atoms with van der Waals surface area (Å²) in [5.41, 5.74) is 0.666. The Kier molecular flexibility index (Phi) is 7.49. The molecule has 0 atom stereocenters. The van der Waals surface area contributed by atoms with Crippen molar-refractivity contribution in [3.05, 3.63) is 83.4 Å². The summed E-state index contributed by atoms with van der Waals surface area (Å²) in [6.07, 6.45) is -4.56. The number of sulfone groups is 1. The van der Waals surface area contributed by atoms with Crippen molar-refractivity contribution < 1.29 is 31.2 Å². The Balaban J connectivity index is 1.74. The van der Waals surface area contributed by atoms with E-state index in [1.807, 2.05) is 0 Å². The molecule has 0 spiro atoms. The van der Waals surface area contributed by atoms with Crippen LogP contribution in [0.3, 0.4) is 0 Å². The van der Waals surface area contributed by atoms with E-state index < -0.39 is 27.6 Å². The molecule has 35 heavy (non-hydrogen) atoms. The summed E-state index contributed by atoms with van der Waals surface area (Å²) in [5, 5.41) is 7.35. The van der Waals surface area contributed by atoms with Crippen LogP contribution in [0.1, 0.15) is 23.6 Å². The second-order valence-electron chi connectivity index (χ2n) is 7.78. The summed E-state index contributed by atoms with van der Waals surface area (Å²) in [6, 6.07) is 14.0.